The second kappa shape index (κ2) is 48.0. The van der Waals surface area contributed by atoms with Crippen LogP contribution < -0.4 is 0 Å². The molecule has 71 heavy (non-hydrogen) atoms. The number of rotatable bonds is 53. The third-order valence-electron chi connectivity index (χ3n) is 15.3. The first kappa shape index (κ1) is 65.4. The second-order valence-electron chi connectivity index (χ2n) is 22.0. The van der Waals surface area contributed by atoms with Crippen LogP contribution in [0.25, 0.3) is 0 Å². The summed E-state index contributed by atoms with van der Waals surface area (Å²) in [6.07, 6.45) is 55.1. The summed E-state index contributed by atoms with van der Waals surface area (Å²) >= 11 is 0. The Bertz CT molecular complexity index is 1200. The summed E-state index contributed by atoms with van der Waals surface area (Å²) in [5, 5.41) is 0. The van der Waals surface area contributed by atoms with Crippen LogP contribution in [0, 0.1) is 0 Å². The fourth-order valence-electron chi connectivity index (χ4n) is 10.6. The summed E-state index contributed by atoms with van der Waals surface area (Å²) in [6, 6.07) is 0. The summed E-state index contributed by atoms with van der Waals surface area (Å²) in [5.41, 5.74) is 0. The van der Waals surface area contributed by atoms with Crippen LogP contribution >= 0.6 is 0 Å². The third kappa shape index (κ3) is 36.0. The van der Waals surface area contributed by atoms with Crippen LogP contribution in [-0.4, -0.2) is 68.4 Å². The molecule has 0 amide bonds. The molecule has 2 rings (SSSR count). The van der Waals surface area contributed by atoms with Gasteiger partial charge in [0.1, 0.15) is 6.61 Å². The summed E-state index contributed by atoms with van der Waals surface area (Å²) in [7, 11) is 0. The zero-order chi connectivity index (χ0) is 51.0. The summed E-state index contributed by atoms with van der Waals surface area (Å²) < 4.78 is 36.6. The van der Waals surface area contributed by atoms with Crippen LogP contribution in [0.4, 0.5) is 0 Å². The van der Waals surface area contributed by atoms with E-state index in [1.54, 1.807) is 0 Å². The normalized spacial score (nSPS) is 17.5. The van der Waals surface area contributed by atoms with Crippen molar-refractivity contribution in [3.05, 3.63) is 0 Å². The van der Waals surface area contributed by atoms with Crippen LogP contribution in [0.1, 0.15) is 329 Å². The van der Waals surface area contributed by atoms with Crippen LogP contribution in [0.2, 0.25) is 0 Å². The number of ether oxygens (including phenoxy) is 6. The zero-order valence-corrected chi connectivity index (χ0v) is 47.2. The van der Waals surface area contributed by atoms with Gasteiger partial charge in [-0.25, -0.2) is 0 Å². The fourth-order valence-corrected chi connectivity index (χ4v) is 10.6. The molecule has 0 N–H and O–H groups in total. The summed E-state index contributed by atoms with van der Waals surface area (Å²) in [5.74, 6) is -2.40. The second-order valence-corrected chi connectivity index (χ2v) is 22.0. The van der Waals surface area contributed by atoms with Crippen LogP contribution in [0.5, 0.6) is 0 Å². The average Bonchev–Trinajstić information content (AvgIpc) is 4.02. The SMILES string of the molecule is CCCCCCCCCCCCCCCCCC(=O)OCC1([C@H]2OC[C@H](OC(=O)CCCCCCCCCCCCCCCCC)[C@H]2OC(=O)CCCCCCCCCCCCCCCCC)OCCO1. The maximum absolute atomic E-state index is 13.5. The highest BCUT2D eigenvalue weighted by Gasteiger charge is 2.58. The highest BCUT2D eigenvalue weighted by Crippen LogP contribution is 2.36. The number of carbonyl (C=O) groups is 3. The van der Waals surface area contributed by atoms with Gasteiger partial charge in [-0.2, -0.15) is 0 Å². The molecule has 0 aliphatic carbocycles. The van der Waals surface area contributed by atoms with Gasteiger partial charge in [0.2, 0.25) is 5.79 Å². The molecular formula is C62H116O9. The van der Waals surface area contributed by atoms with Gasteiger partial charge >= 0.3 is 17.9 Å². The topological polar surface area (TPSA) is 107 Å². The van der Waals surface area contributed by atoms with Gasteiger partial charge in [0.05, 0.1) is 19.8 Å². The molecule has 0 radical (unpaired) electrons. The van der Waals surface area contributed by atoms with E-state index in [1.807, 2.05) is 0 Å². The lowest BCUT2D eigenvalue weighted by molar-refractivity contribution is -0.261. The van der Waals surface area contributed by atoms with Crippen molar-refractivity contribution in [3.8, 4) is 0 Å². The van der Waals surface area contributed by atoms with Crippen LogP contribution in [0.3, 0.4) is 0 Å². The standard InChI is InChI=1S/C62H116O9/c1-4-7-10-13-16-19-22-25-28-31-34-37-40-43-46-49-57(63)67-55-62(68-52-53-69-62)61-60(71-59(65)51-48-45-42-39-36-33-30-27-24-21-18-15-12-9-6-3)56(54-66-61)70-58(64)50-47-44-41-38-35-32-29-26-23-20-17-14-11-8-5-2/h56,60-61H,4-55H2,1-3H3/t56-,60+,61-/m0/s1. The quantitative estimate of drug-likeness (QED) is 0.0334. The Morgan fingerprint density at radius 1 is 0.366 bits per heavy atom. The molecule has 2 saturated heterocycles. The van der Waals surface area contributed by atoms with Gasteiger partial charge in [-0.05, 0) is 19.3 Å². The molecule has 0 spiro atoms. The van der Waals surface area contributed by atoms with Crippen molar-refractivity contribution in [1.82, 2.24) is 0 Å². The van der Waals surface area contributed by atoms with E-state index >= 15 is 0 Å². The molecule has 9 heteroatoms. The van der Waals surface area contributed by atoms with Gasteiger partial charge in [0.25, 0.3) is 0 Å². The Balaban J connectivity index is 1.76. The highest BCUT2D eigenvalue weighted by molar-refractivity contribution is 5.71. The summed E-state index contributed by atoms with van der Waals surface area (Å²) in [6.45, 7) is 7.28. The smallest absolute Gasteiger partial charge is 0.306 e. The van der Waals surface area contributed by atoms with Crippen LogP contribution in [0.15, 0.2) is 0 Å². The Morgan fingerprint density at radius 3 is 0.944 bits per heavy atom. The molecular weight excluding hydrogens is 889 g/mol. The van der Waals surface area contributed by atoms with Crippen molar-refractivity contribution >= 4 is 17.9 Å². The van der Waals surface area contributed by atoms with E-state index in [-0.39, 0.29) is 37.5 Å². The minimum atomic E-state index is -1.44. The van der Waals surface area contributed by atoms with Gasteiger partial charge in [-0.15, -0.1) is 0 Å². The molecule has 0 unspecified atom stereocenters. The van der Waals surface area contributed by atoms with E-state index in [0.717, 1.165) is 57.8 Å². The van der Waals surface area contributed by atoms with Gasteiger partial charge in [0.15, 0.2) is 18.3 Å². The number of carbonyl (C=O) groups excluding carboxylic acids is 3. The average molecular weight is 1010 g/mol. The van der Waals surface area contributed by atoms with Gasteiger partial charge < -0.3 is 28.4 Å². The maximum atomic E-state index is 13.5. The fraction of sp³-hybridized carbons (Fsp3) is 0.952. The molecule has 0 aromatic carbocycles. The molecule has 3 atom stereocenters. The molecule has 0 saturated carbocycles. The molecule has 418 valence electrons. The van der Waals surface area contributed by atoms with E-state index < -0.39 is 24.1 Å². The van der Waals surface area contributed by atoms with Crippen LogP contribution in [-0.2, 0) is 42.8 Å². The number of hydrogen-bond acceptors (Lipinski definition) is 9. The number of hydrogen-bond donors (Lipinski definition) is 0. The Labute approximate surface area is 438 Å². The molecule has 2 fully saturated rings. The third-order valence-corrected chi connectivity index (χ3v) is 15.3. The molecule has 2 aliphatic heterocycles. The van der Waals surface area contributed by atoms with E-state index in [9.17, 15) is 14.4 Å². The van der Waals surface area contributed by atoms with Gasteiger partial charge in [-0.3, -0.25) is 14.4 Å². The Kier molecular flexibility index (Phi) is 44.2. The van der Waals surface area contributed by atoms with E-state index in [4.69, 9.17) is 28.4 Å². The van der Waals surface area contributed by atoms with Crippen molar-refractivity contribution in [2.75, 3.05) is 26.4 Å². The van der Waals surface area contributed by atoms with E-state index in [1.165, 1.54) is 231 Å². The molecule has 9 nitrogen and oxygen atoms in total. The zero-order valence-electron chi connectivity index (χ0n) is 47.2. The van der Waals surface area contributed by atoms with Crippen molar-refractivity contribution in [2.45, 2.75) is 353 Å². The van der Waals surface area contributed by atoms with Gasteiger partial charge in [0, 0.05) is 19.3 Å². The van der Waals surface area contributed by atoms with E-state index in [0.29, 0.717) is 26.1 Å². The predicted octanol–water partition coefficient (Wildman–Crippen LogP) is 18.3. The Morgan fingerprint density at radius 2 is 0.634 bits per heavy atom. The first-order valence-electron chi connectivity index (χ1n) is 31.4. The molecule has 2 aliphatic rings. The lowest BCUT2D eigenvalue weighted by Gasteiger charge is -2.35. The molecule has 2 heterocycles. The largest absolute Gasteiger partial charge is 0.460 e. The Hall–Kier alpha value is -1.71. The lowest BCUT2D eigenvalue weighted by Crippen LogP contribution is -2.55. The monoisotopic (exact) mass is 1000 g/mol. The minimum Gasteiger partial charge on any atom is -0.460 e. The maximum Gasteiger partial charge on any atom is 0.306 e. The first-order valence-corrected chi connectivity index (χ1v) is 31.4. The molecule has 0 bridgehead atoms. The van der Waals surface area contributed by atoms with Crippen molar-refractivity contribution in [1.29, 1.82) is 0 Å². The minimum absolute atomic E-state index is 0.0493. The van der Waals surface area contributed by atoms with Crippen molar-refractivity contribution in [3.63, 3.8) is 0 Å². The van der Waals surface area contributed by atoms with Crippen molar-refractivity contribution < 1.29 is 42.8 Å². The summed E-state index contributed by atoms with van der Waals surface area (Å²) in [4.78, 5) is 39.7. The molecule has 0 aromatic heterocycles. The van der Waals surface area contributed by atoms with Gasteiger partial charge in [-0.1, -0.05) is 290 Å². The molecule has 0 aromatic rings. The lowest BCUT2D eigenvalue weighted by atomic mass is 10.0. The van der Waals surface area contributed by atoms with Crippen molar-refractivity contribution in [2.24, 2.45) is 0 Å². The number of unbranched alkanes of at least 4 members (excludes halogenated alkanes) is 42. The highest BCUT2D eigenvalue weighted by atomic mass is 16.8. The number of esters is 3. The first-order chi connectivity index (χ1) is 35.0. The van der Waals surface area contributed by atoms with E-state index in [2.05, 4.69) is 20.8 Å². The predicted molar refractivity (Wildman–Crippen MR) is 294 cm³/mol.